The van der Waals surface area contributed by atoms with Crippen molar-refractivity contribution in [3.8, 4) is 0 Å². The fourth-order valence-electron chi connectivity index (χ4n) is 5.68. The van der Waals surface area contributed by atoms with Gasteiger partial charge in [-0.3, -0.25) is 14.4 Å². The van der Waals surface area contributed by atoms with E-state index in [1.165, 1.54) is 6.92 Å². The Balaban J connectivity index is 1.93. The molecule has 1 saturated carbocycles. The molecular weight excluding hydrogens is 616 g/mol. The highest BCUT2D eigenvalue weighted by Gasteiger charge is 2.53. The summed E-state index contributed by atoms with van der Waals surface area (Å²) < 4.78 is 40.6. The highest BCUT2D eigenvalue weighted by Crippen LogP contribution is 2.38. The Hall–Kier alpha value is -4.51. The van der Waals surface area contributed by atoms with Crippen LogP contribution in [-0.2, 0) is 47.5 Å². The summed E-state index contributed by atoms with van der Waals surface area (Å²) in [6, 6.07) is -2.39. The predicted octanol–water partition coefficient (Wildman–Crippen LogP) is 3.80. The van der Waals surface area contributed by atoms with E-state index in [9.17, 15) is 19.9 Å². The molecule has 0 aromatic rings. The zero-order valence-corrected chi connectivity index (χ0v) is 25.4. The molecule has 22 nitrogen and oxygen atoms in total. The number of rotatable bonds is 13. The molecule has 1 aliphatic carbocycles. The van der Waals surface area contributed by atoms with E-state index in [0.717, 1.165) is 13.8 Å². The Kier molecular flexibility index (Phi) is 13.5. The first-order chi connectivity index (χ1) is 22.0. The Morgan fingerprint density at radius 1 is 0.717 bits per heavy atom. The average Bonchev–Trinajstić information content (AvgIpc) is 3.27. The average molecular weight is 651 g/mol. The van der Waals surface area contributed by atoms with Crippen LogP contribution in [0.25, 0.3) is 41.8 Å². The van der Waals surface area contributed by atoms with Gasteiger partial charge in [0, 0.05) is 58.4 Å². The van der Waals surface area contributed by atoms with Crippen LogP contribution in [0.2, 0.25) is 0 Å². The first kappa shape index (κ1) is 36.0. The second-order valence-corrected chi connectivity index (χ2v) is 10.8. The fraction of sp³-hybridized carbons (Fsp3) is 0.875. The number of esters is 3. The quantitative estimate of drug-likeness (QED) is 0.0911. The molecule has 3 fully saturated rings. The molecule has 0 spiro atoms. The van der Waals surface area contributed by atoms with Crippen molar-refractivity contribution in [3.05, 3.63) is 41.8 Å². The van der Waals surface area contributed by atoms with Gasteiger partial charge in [0.25, 0.3) is 0 Å². The van der Waals surface area contributed by atoms with E-state index in [1.54, 1.807) is 6.92 Å². The van der Waals surface area contributed by atoms with Crippen LogP contribution >= 0.6 is 0 Å². The van der Waals surface area contributed by atoms with E-state index in [1.807, 2.05) is 0 Å². The summed E-state index contributed by atoms with van der Waals surface area (Å²) in [5.74, 6) is -2.78. The first-order valence-corrected chi connectivity index (χ1v) is 14.2. The van der Waals surface area contributed by atoms with E-state index in [-0.39, 0.29) is 13.2 Å². The Labute approximate surface area is 261 Å². The zero-order valence-electron chi connectivity index (χ0n) is 25.4. The molecule has 22 heteroatoms. The number of hydrogen-bond acceptors (Lipinski definition) is 14. The summed E-state index contributed by atoms with van der Waals surface area (Å²) in [4.78, 5) is 47.0. The third kappa shape index (κ3) is 9.74. The molecule has 11 atom stereocenters. The van der Waals surface area contributed by atoms with Gasteiger partial charge in [0.2, 0.25) is 0 Å². The smallest absolute Gasteiger partial charge is 0.303 e. The number of carbonyl (C=O) groups is 3. The lowest BCUT2D eigenvalue weighted by Gasteiger charge is -2.44. The van der Waals surface area contributed by atoms with Gasteiger partial charge in [-0.1, -0.05) is 27.4 Å². The summed E-state index contributed by atoms with van der Waals surface area (Å²) in [6.07, 6.45) is -7.86. The van der Waals surface area contributed by atoms with E-state index in [2.05, 4.69) is 40.1 Å². The molecule has 0 N–H and O–H groups in total. The third-order valence-electron chi connectivity index (χ3n) is 7.46. The summed E-state index contributed by atoms with van der Waals surface area (Å²) >= 11 is 0. The van der Waals surface area contributed by atoms with Crippen molar-refractivity contribution in [2.75, 3.05) is 13.2 Å². The van der Waals surface area contributed by atoms with Crippen LogP contribution in [0.4, 0.5) is 0 Å². The van der Waals surface area contributed by atoms with Gasteiger partial charge in [-0.25, -0.2) is 0 Å². The van der Waals surface area contributed by atoms with E-state index in [4.69, 9.17) is 49.8 Å². The zero-order chi connectivity index (χ0) is 33.8. The van der Waals surface area contributed by atoms with E-state index in [0.29, 0.717) is 19.3 Å². The van der Waals surface area contributed by atoms with Gasteiger partial charge in [-0.15, -0.1) is 0 Å². The largest absolute Gasteiger partial charge is 0.463 e. The van der Waals surface area contributed by atoms with Gasteiger partial charge in [-0.2, -0.15) is 0 Å². The topological polar surface area (TPSA) is 311 Å². The maximum atomic E-state index is 12.1. The standard InChI is InChI=1S/C24H34N12O10/c1-10-20(18(9-40-11(2)37)45-23(10)43-16-6-14(30-34-26)5-15(7-16)31-35-27)46-24-19(32-36-28)22(42-13(4)39)21(41-12(3)38)17(44-24)8-29-33-25/h10,14-24H,5-9H2,1-4H3/t10-,14?,15?,16?,17+,18-,19?,20+,21-,22-,23-,24-/m1/s1. The van der Waals surface area contributed by atoms with Crippen molar-refractivity contribution in [2.24, 2.45) is 26.4 Å². The second kappa shape index (κ2) is 17.3. The minimum absolute atomic E-state index is 0.276. The van der Waals surface area contributed by atoms with Gasteiger partial charge in [0.15, 0.2) is 24.8 Å². The number of ether oxygens (including phenoxy) is 7. The summed E-state index contributed by atoms with van der Waals surface area (Å²) in [7, 11) is 0. The Morgan fingerprint density at radius 2 is 1.30 bits per heavy atom. The van der Waals surface area contributed by atoms with Crippen LogP contribution < -0.4 is 0 Å². The Bertz CT molecular complexity index is 1290. The normalized spacial score (nSPS) is 35.1. The molecule has 0 aromatic heterocycles. The molecule has 0 bridgehead atoms. The first-order valence-electron chi connectivity index (χ1n) is 14.2. The van der Waals surface area contributed by atoms with Crippen molar-refractivity contribution < 1.29 is 47.5 Å². The molecule has 0 radical (unpaired) electrons. The summed E-state index contributed by atoms with van der Waals surface area (Å²) in [6.45, 7) is 4.47. The third-order valence-corrected chi connectivity index (χ3v) is 7.46. The lowest BCUT2D eigenvalue weighted by molar-refractivity contribution is -0.282. The SMILES string of the molecule is CC(=O)OC[C@H]1O[C@@H](OC2CC(N=[N+]=[N-])CC(N=[N+]=[N-])C2)[C@H](C)[C@@H]1O[C@H]1O[C@@H](CN=[N+]=[N-])[C@@H](OC(C)=O)[C@H](OC(C)=O)C1N=[N+]=[N-]. The molecule has 3 aliphatic rings. The monoisotopic (exact) mass is 650 g/mol. The van der Waals surface area contributed by atoms with Crippen LogP contribution in [0, 0.1) is 5.92 Å². The molecule has 2 heterocycles. The lowest BCUT2D eigenvalue weighted by Crippen LogP contribution is -2.61. The van der Waals surface area contributed by atoms with Gasteiger partial charge < -0.3 is 33.2 Å². The molecule has 46 heavy (non-hydrogen) atoms. The van der Waals surface area contributed by atoms with Gasteiger partial charge in [0.05, 0.1) is 18.8 Å². The van der Waals surface area contributed by atoms with Crippen molar-refractivity contribution in [1.29, 1.82) is 0 Å². The van der Waals surface area contributed by atoms with E-state index >= 15 is 0 Å². The highest BCUT2D eigenvalue weighted by molar-refractivity contribution is 5.67. The van der Waals surface area contributed by atoms with Crippen molar-refractivity contribution in [3.63, 3.8) is 0 Å². The van der Waals surface area contributed by atoms with Gasteiger partial charge >= 0.3 is 17.9 Å². The van der Waals surface area contributed by atoms with Crippen LogP contribution in [-0.4, -0.2) is 98.4 Å². The number of carbonyl (C=O) groups excluding carboxylic acids is 3. The molecule has 3 rings (SSSR count). The lowest BCUT2D eigenvalue weighted by atomic mass is 9.89. The van der Waals surface area contributed by atoms with Crippen molar-refractivity contribution >= 4 is 17.9 Å². The van der Waals surface area contributed by atoms with Crippen LogP contribution in [0.5, 0.6) is 0 Å². The maximum absolute atomic E-state index is 12.1. The van der Waals surface area contributed by atoms with Crippen LogP contribution in [0.3, 0.4) is 0 Å². The molecular formula is C24H34N12O10. The number of hydrogen-bond donors (Lipinski definition) is 0. The highest BCUT2D eigenvalue weighted by atomic mass is 16.7. The number of azide groups is 4. The van der Waals surface area contributed by atoms with Crippen LogP contribution in [0.1, 0.15) is 47.0 Å². The van der Waals surface area contributed by atoms with E-state index < -0.39 is 91.2 Å². The molecule has 2 saturated heterocycles. The maximum Gasteiger partial charge on any atom is 0.303 e. The number of nitrogens with zero attached hydrogens (tertiary/aromatic N) is 12. The minimum atomic E-state index is -1.47. The summed E-state index contributed by atoms with van der Waals surface area (Å²) in [5.41, 5.74) is 36.2. The van der Waals surface area contributed by atoms with Crippen molar-refractivity contribution in [1.82, 2.24) is 0 Å². The van der Waals surface area contributed by atoms with Crippen molar-refractivity contribution in [2.45, 2.75) is 114 Å². The fourth-order valence-corrected chi connectivity index (χ4v) is 5.68. The summed E-state index contributed by atoms with van der Waals surface area (Å²) in [5, 5.41) is 14.7. The molecule has 2 aliphatic heterocycles. The molecule has 0 amide bonds. The van der Waals surface area contributed by atoms with Crippen LogP contribution in [0.15, 0.2) is 20.5 Å². The van der Waals surface area contributed by atoms with Gasteiger partial charge in [-0.05, 0) is 41.4 Å². The molecule has 0 aromatic carbocycles. The predicted molar refractivity (Wildman–Crippen MR) is 151 cm³/mol. The molecule has 250 valence electrons. The second-order valence-electron chi connectivity index (χ2n) is 10.8. The van der Waals surface area contributed by atoms with Gasteiger partial charge in [0.1, 0.15) is 24.9 Å². The molecule has 3 unspecified atom stereocenters. The minimum Gasteiger partial charge on any atom is -0.463 e. The Morgan fingerprint density at radius 3 is 1.85 bits per heavy atom.